The zero-order valence-electron chi connectivity index (χ0n) is 10.7. The molecule has 13 heavy (non-hydrogen) atoms. The average Bonchev–Trinajstić information content (AvgIpc) is 2.17. The van der Waals surface area contributed by atoms with E-state index in [1.54, 1.807) is 0 Å². The molecule has 2 unspecified atom stereocenters. The maximum atomic E-state index is 2.39. The third-order valence-corrected chi connectivity index (χ3v) is 2.55. The average molecular weight is 186 g/mol. The van der Waals surface area contributed by atoms with Crippen LogP contribution >= 0.6 is 0 Å². The summed E-state index contributed by atoms with van der Waals surface area (Å²) in [4.78, 5) is 0. The van der Waals surface area contributed by atoms with Crippen molar-refractivity contribution in [3.8, 4) is 0 Å². The van der Waals surface area contributed by atoms with Gasteiger partial charge < -0.3 is 0 Å². The summed E-state index contributed by atoms with van der Waals surface area (Å²) in [5.74, 6) is 1.88. The van der Waals surface area contributed by atoms with E-state index in [9.17, 15) is 0 Å². The molecule has 0 radical (unpaired) electrons. The summed E-state index contributed by atoms with van der Waals surface area (Å²) in [7, 11) is 0. The van der Waals surface area contributed by atoms with Crippen LogP contribution < -0.4 is 0 Å². The third-order valence-electron chi connectivity index (χ3n) is 2.55. The van der Waals surface area contributed by atoms with E-state index in [2.05, 4.69) is 27.7 Å². The monoisotopic (exact) mass is 186 g/mol. The van der Waals surface area contributed by atoms with Gasteiger partial charge in [0.1, 0.15) is 0 Å². The van der Waals surface area contributed by atoms with Gasteiger partial charge in [-0.2, -0.15) is 0 Å². The summed E-state index contributed by atoms with van der Waals surface area (Å²) < 4.78 is 0. The predicted octanol–water partition coefficient (Wildman–Crippen LogP) is 5.28. The first-order chi connectivity index (χ1) is 6.20. The van der Waals surface area contributed by atoms with Gasteiger partial charge in [-0.05, 0) is 18.3 Å². The van der Waals surface area contributed by atoms with Crippen molar-refractivity contribution in [2.45, 2.75) is 73.6 Å². The van der Waals surface area contributed by atoms with Gasteiger partial charge in [-0.15, -0.1) is 0 Å². The molecule has 0 aromatic rings. The molecule has 82 valence electrons. The first-order valence-corrected chi connectivity index (χ1v) is 6.20. The molecule has 0 fully saturated rings. The van der Waals surface area contributed by atoms with Crippen molar-refractivity contribution < 1.29 is 0 Å². The van der Waals surface area contributed by atoms with Gasteiger partial charge in [0.15, 0.2) is 0 Å². The Labute approximate surface area is 86.1 Å². The number of rotatable bonds is 6. The molecule has 0 heteroatoms. The van der Waals surface area contributed by atoms with Crippen molar-refractivity contribution in [1.29, 1.82) is 0 Å². The summed E-state index contributed by atoms with van der Waals surface area (Å²) in [6.45, 7) is 13.3. The van der Waals surface area contributed by atoms with Crippen LogP contribution in [0.15, 0.2) is 0 Å². The summed E-state index contributed by atoms with van der Waals surface area (Å²) >= 11 is 0. The Balaban J connectivity index is 0. The van der Waals surface area contributed by atoms with Gasteiger partial charge in [0.25, 0.3) is 0 Å². The Kier molecular flexibility index (Phi) is 14.3. The van der Waals surface area contributed by atoms with Crippen molar-refractivity contribution in [2.75, 3.05) is 0 Å². The lowest BCUT2D eigenvalue weighted by Gasteiger charge is -2.14. The molecule has 0 aliphatic carbocycles. The van der Waals surface area contributed by atoms with E-state index in [0.29, 0.717) is 0 Å². The fraction of sp³-hybridized carbons (Fsp3) is 1.00. The highest BCUT2D eigenvalue weighted by Gasteiger charge is 2.05. The maximum Gasteiger partial charge on any atom is -0.0440 e. The number of unbranched alkanes of at least 4 members (excludes halogenated alkanes) is 1. The van der Waals surface area contributed by atoms with Gasteiger partial charge in [0.05, 0.1) is 0 Å². The normalized spacial score (nSPS) is 14.3. The minimum absolute atomic E-state index is 0.932. The molecule has 0 saturated heterocycles. The highest BCUT2D eigenvalue weighted by Crippen LogP contribution is 2.19. The Morgan fingerprint density at radius 3 is 1.85 bits per heavy atom. The first kappa shape index (κ1) is 15.5. The topological polar surface area (TPSA) is 0 Å². The van der Waals surface area contributed by atoms with Crippen LogP contribution in [0, 0.1) is 11.8 Å². The lowest BCUT2D eigenvalue weighted by Crippen LogP contribution is -2.01. The van der Waals surface area contributed by atoms with E-state index < -0.39 is 0 Å². The van der Waals surface area contributed by atoms with Crippen molar-refractivity contribution in [3.05, 3.63) is 0 Å². The first-order valence-electron chi connectivity index (χ1n) is 6.20. The molecule has 0 saturated carbocycles. The van der Waals surface area contributed by atoms with Crippen LogP contribution in [-0.2, 0) is 0 Å². The van der Waals surface area contributed by atoms with Crippen LogP contribution in [0.4, 0.5) is 0 Å². The largest absolute Gasteiger partial charge is 0.0683 e. The highest BCUT2D eigenvalue weighted by atomic mass is 14.1. The van der Waals surface area contributed by atoms with E-state index in [-0.39, 0.29) is 0 Å². The van der Waals surface area contributed by atoms with Crippen LogP contribution in [0.1, 0.15) is 73.6 Å². The zero-order chi connectivity index (χ0) is 10.7. The molecule has 0 aliphatic heterocycles. The summed E-state index contributed by atoms with van der Waals surface area (Å²) in [5, 5.41) is 0. The number of hydrogen-bond donors (Lipinski definition) is 0. The minimum Gasteiger partial charge on any atom is -0.0683 e. The number of hydrogen-bond acceptors (Lipinski definition) is 0. The molecular weight excluding hydrogens is 156 g/mol. The van der Waals surface area contributed by atoms with Crippen LogP contribution in [0.3, 0.4) is 0 Å². The molecule has 0 spiro atoms. The highest BCUT2D eigenvalue weighted by molar-refractivity contribution is 4.57. The van der Waals surface area contributed by atoms with E-state index in [4.69, 9.17) is 0 Å². The molecule has 0 rings (SSSR count). The standard InChI is InChI=1S/C11H24.C2H6/c1-5-7-8-11(4)9-10(3)6-2;1-2/h10-11H,5-9H2,1-4H3;1-2H3. The lowest BCUT2D eigenvalue weighted by molar-refractivity contribution is 0.379. The Morgan fingerprint density at radius 1 is 0.923 bits per heavy atom. The fourth-order valence-electron chi connectivity index (χ4n) is 1.52. The Morgan fingerprint density at radius 2 is 1.46 bits per heavy atom. The summed E-state index contributed by atoms with van der Waals surface area (Å²) in [6, 6.07) is 0. The van der Waals surface area contributed by atoms with Gasteiger partial charge in [-0.3, -0.25) is 0 Å². The quantitative estimate of drug-likeness (QED) is 0.530. The van der Waals surface area contributed by atoms with Gasteiger partial charge in [0.2, 0.25) is 0 Å². The van der Waals surface area contributed by atoms with Crippen LogP contribution in [-0.4, -0.2) is 0 Å². The van der Waals surface area contributed by atoms with E-state index >= 15 is 0 Å². The molecule has 0 heterocycles. The van der Waals surface area contributed by atoms with Crippen molar-refractivity contribution in [3.63, 3.8) is 0 Å². The summed E-state index contributed by atoms with van der Waals surface area (Å²) in [6.07, 6.45) is 6.97. The van der Waals surface area contributed by atoms with E-state index in [0.717, 1.165) is 11.8 Å². The van der Waals surface area contributed by atoms with Crippen molar-refractivity contribution >= 4 is 0 Å². The molecule has 0 aromatic heterocycles. The van der Waals surface area contributed by atoms with Crippen LogP contribution in [0.25, 0.3) is 0 Å². The second kappa shape index (κ2) is 12.0. The van der Waals surface area contributed by atoms with E-state index in [1.165, 1.54) is 32.1 Å². The molecule has 0 nitrogen and oxygen atoms in total. The molecular formula is C13H30. The molecule has 0 N–H and O–H groups in total. The van der Waals surface area contributed by atoms with Gasteiger partial charge >= 0.3 is 0 Å². The van der Waals surface area contributed by atoms with Gasteiger partial charge in [0, 0.05) is 0 Å². The van der Waals surface area contributed by atoms with Crippen LogP contribution in [0.5, 0.6) is 0 Å². The third kappa shape index (κ3) is 12.0. The smallest absolute Gasteiger partial charge is 0.0440 e. The molecule has 0 aliphatic rings. The Hall–Kier alpha value is 0. The SMILES string of the molecule is CC.CCCCC(C)CC(C)CC. The minimum atomic E-state index is 0.932. The zero-order valence-corrected chi connectivity index (χ0v) is 10.7. The fourth-order valence-corrected chi connectivity index (χ4v) is 1.52. The second-order valence-electron chi connectivity index (χ2n) is 4.00. The lowest BCUT2D eigenvalue weighted by atomic mass is 9.92. The maximum absolute atomic E-state index is 2.39. The van der Waals surface area contributed by atoms with Gasteiger partial charge in [-0.25, -0.2) is 0 Å². The van der Waals surface area contributed by atoms with Crippen molar-refractivity contribution in [2.24, 2.45) is 11.8 Å². The van der Waals surface area contributed by atoms with Gasteiger partial charge in [-0.1, -0.05) is 67.2 Å². The molecule has 0 amide bonds. The summed E-state index contributed by atoms with van der Waals surface area (Å²) in [5.41, 5.74) is 0. The molecule has 2 atom stereocenters. The predicted molar refractivity (Wildman–Crippen MR) is 64.1 cm³/mol. The Bertz CT molecular complexity index is 76.1. The molecule has 0 bridgehead atoms. The van der Waals surface area contributed by atoms with Crippen LogP contribution in [0.2, 0.25) is 0 Å². The second-order valence-corrected chi connectivity index (χ2v) is 4.00. The molecule has 0 aromatic carbocycles. The van der Waals surface area contributed by atoms with E-state index in [1.807, 2.05) is 13.8 Å². The van der Waals surface area contributed by atoms with Crippen molar-refractivity contribution in [1.82, 2.24) is 0 Å².